The smallest absolute Gasteiger partial charge is 0.326 e. The van der Waals surface area contributed by atoms with E-state index in [0.717, 1.165) is 40.8 Å². The van der Waals surface area contributed by atoms with Gasteiger partial charge in [0.2, 0.25) is 0 Å². The number of imidazole rings is 1. The number of nitrogens with one attached hydrogen (secondary N) is 1. The van der Waals surface area contributed by atoms with Gasteiger partial charge in [-0.05, 0) is 50.5 Å². The third-order valence-corrected chi connectivity index (χ3v) is 6.98. The number of hydrogen-bond donors (Lipinski definition) is 1. The highest BCUT2D eigenvalue weighted by Gasteiger charge is 2.29. The molecule has 0 bridgehead atoms. The van der Waals surface area contributed by atoms with E-state index in [2.05, 4.69) is 10.1 Å². The molecule has 33 heavy (non-hydrogen) atoms. The number of aryl methyl sites for hydroxylation is 1. The minimum atomic E-state index is -0.0893. The fourth-order valence-electron chi connectivity index (χ4n) is 4.87. The monoisotopic (exact) mass is 463 g/mol. The van der Waals surface area contributed by atoms with Crippen LogP contribution in [-0.4, -0.2) is 43.2 Å². The normalized spacial score (nSPS) is 14.8. The zero-order valence-corrected chi connectivity index (χ0v) is 19.5. The van der Waals surface area contributed by atoms with Crippen molar-refractivity contribution in [2.45, 2.75) is 39.3 Å². The molecule has 1 saturated heterocycles. The van der Waals surface area contributed by atoms with Gasteiger partial charge in [-0.2, -0.15) is 5.10 Å². The lowest BCUT2D eigenvalue weighted by molar-refractivity contribution is 0.0693. The van der Waals surface area contributed by atoms with Gasteiger partial charge in [0.05, 0.1) is 28.8 Å². The first kappa shape index (κ1) is 21.5. The Morgan fingerprint density at radius 1 is 1.09 bits per heavy atom. The van der Waals surface area contributed by atoms with Crippen molar-refractivity contribution in [2.75, 3.05) is 13.1 Å². The van der Waals surface area contributed by atoms with Crippen molar-refractivity contribution < 1.29 is 4.79 Å². The molecule has 1 aliphatic heterocycles. The number of benzene rings is 2. The lowest BCUT2D eigenvalue weighted by Crippen LogP contribution is -2.40. The van der Waals surface area contributed by atoms with Crippen LogP contribution < -0.4 is 5.69 Å². The van der Waals surface area contributed by atoms with E-state index in [4.69, 9.17) is 11.6 Å². The van der Waals surface area contributed by atoms with Gasteiger partial charge in [-0.3, -0.25) is 14.0 Å². The highest BCUT2D eigenvalue weighted by atomic mass is 35.5. The van der Waals surface area contributed by atoms with Crippen molar-refractivity contribution >= 4 is 28.5 Å². The molecule has 0 atom stereocenters. The van der Waals surface area contributed by atoms with Gasteiger partial charge in [0.1, 0.15) is 0 Å². The second kappa shape index (κ2) is 8.56. The number of hydrogen-bond acceptors (Lipinski definition) is 3. The van der Waals surface area contributed by atoms with Crippen LogP contribution in [0.15, 0.2) is 53.3 Å². The van der Waals surface area contributed by atoms with Gasteiger partial charge in [-0.25, -0.2) is 4.79 Å². The summed E-state index contributed by atoms with van der Waals surface area (Å²) in [6, 6.07) is 15.5. The molecule has 1 amide bonds. The quantitative estimate of drug-likeness (QED) is 0.489. The maximum absolute atomic E-state index is 13.4. The van der Waals surface area contributed by atoms with Crippen molar-refractivity contribution in [1.29, 1.82) is 0 Å². The predicted octanol–water partition coefficient (Wildman–Crippen LogP) is 4.32. The van der Waals surface area contributed by atoms with Gasteiger partial charge < -0.3 is 9.88 Å². The Balaban J connectivity index is 1.33. The first-order valence-corrected chi connectivity index (χ1v) is 11.6. The maximum Gasteiger partial charge on any atom is 0.326 e. The number of aromatic nitrogens is 4. The van der Waals surface area contributed by atoms with Crippen LogP contribution in [0.5, 0.6) is 0 Å². The highest BCUT2D eigenvalue weighted by molar-refractivity contribution is 6.31. The van der Waals surface area contributed by atoms with Crippen molar-refractivity contribution in [3.05, 3.63) is 86.6 Å². The molecule has 7 nitrogen and oxygen atoms in total. The maximum atomic E-state index is 13.4. The highest BCUT2D eigenvalue weighted by Crippen LogP contribution is 2.27. The van der Waals surface area contributed by atoms with E-state index in [-0.39, 0.29) is 17.6 Å². The Bertz CT molecular complexity index is 1390. The predicted molar refractivity (Wildman–Crippen MR) is 129 cm³/mol. The number of piperidine rings is 1. The summed E-state index contributed by atoms with van der Waals surface area (Å²) in [7, 11) is 0. The van der Waals surface area contributed by atoms with Gasteiger partial charge in [-0.15, -0.1) is 0 Å². The summed E-state index contributed by atoms with van der Waals surface area (Å²) in [4.78, 5) is 30.8. The molecule has 8 heteroatoms. The molecule has 170 valence electrons. The van der Waals surface area contributed by atoms with Crippen LogP contribution in [0.2, 0.25) is 5.02 Å². The van der Waals surface area contributed by atoms with Crippen molar-refractivity contribution in [3.8, 4) is 0 Å². The lowest BCUT2D eigenvalue weighted by atomic mass is 10.0. The summed E-state index contributed by atoms with van der Waals surface area (Å²) in [6.45, 7) is 5.53. The fourth-order valence-corrected chi connectivity index (χ4v) is 5.07. The Hall–Kier alpha value is -3.32. The molecule has 5 rings (SSSR count). The number of para-hydroxylation sites is 2. The number of halogens is 1. The average Bonchev–Trinajstić information content (AvgIpc) is 3.29. The largest absolute Gasteiger partial charge is 0.338 e. The van der Waals surface area contributed by atoms with E-state index in [1.165, 1.54) is 0 Å². The van der Waals surface area contributed by atoms with Gasteiger partial charge in [0, 0.05) is 29.8 Å². The molecule has 0 saturated carbocycles. The Labute approximate surface area is 196 Å². The van der Waals surface area contributed by atoms with Gasteiger partial charge in [-0.1, -0.05) is 41.9 Å². The summed E-state index contributed by atoms with van der Waals surface area (Å²) in [5.74, 6) is 0.000122. The number of amides is 1. The van der Waals surface area contributed by atoms with Crippen molar-refractivity contribution in [2.24, 2.45) is 0 Å². The fraction of sp³-hybridized carbons (Fsp3) is 0.320. The Morgan fingerprint density at radius 3 is 2.55 bits per heavy atom. The van der Waals surface area contributed by atoms with E-state index in [1.807, 2.05) is 76.5 Å². The second-order valence-corrected chi connectivity index (χ2v) is 9.04. The van der Waals surface area contributed by atoms with E-state index < -0.39 is 0 Å². The van der Waals surface area contributed by atoms with Crippen LogP contribution in [0, 0.1) is 13.8 Å². The molecule has 0 aliphatic carbocycles. The number of nitrogens with zero attached hydrogens (tertiary/aromatic N) is 4. The molecule has 2 aromatic carbocycles. The van der Waals surface area contributed by atoms with Crippen LogP contribution in [0.1, 0.15) is 46.2 Å². The van der Waals surface area contributed by atoms with E-state index in [1.54, 1.807) is 0 Å². The molecule has 3 heterocycles. The average molecular weight is 464 g/mol. The molecular weight excluding hydrogens is 438 g/mol. The molecule has 1 N–H and O–H groups in total. The zero-order valence-electron chi connectivity index (χ0n) is 18.7. The van der Waals surface area contributed by atoms with Crippen LogP contribution in [0.3, 0.4) is 0 Å². The van der Waals surface area contributed by atoms with Crippen LogP contribution >= 0.6 is 11.6 Å². The Kier molecular flexibility index (Phi) is 5.58. The molecule has 0 spiro atoms. The first-order valence-electron chi connectivity index (χ1n) is 11.2. The number of fused-ring (bicyclic) bond motifs is 1. The number of carbonyl (C=O) groups excluding carboxylic acids is 1. The number of carbonyl (C=O) groups is 1. The van der Waals surface area contributed by atoms with Crippen molar-refractivity contribution in [3.63, 3.8) is 0 Å². The summed E-state index contributed by atoms with van der Waals surface area (Å²) in [6.07, 6.45) is 1.47. The van der Waals surface area contributed by atoms with Crippen LogP contribution in [0.25, 0.3) is 11.0 Å². The molecule has 0 unspecified atom stereocenters. The summed E-state index contributed by atoms with van der Waals surface area (Å²) in [5.41, 5.74) is 4.86. The number of likely N-dealkylation sites (tertiary alicyclic amines) is 1. The third kappa shape index (κ3) is 3.86. The van der Waals surface area contributed by atoms with E-state index in [9.17, 15) is 9.59 Å². The summed E-state index contributed by atoms with van der Waals surface area (Å²) >= 11 is 6.32. The van der Waals surface area contributed by atoms with Crippen molar-refractivity contribution in [1.82, 2.24) is 24.2 Å². The molecule has 1 fully saturated rings. The minimum absolute atomic E-state index is 0.000122. The molecule has 0 radical (unpaired) electrons. The molecule has 1 aliphatic rings. The minimum Gasteiger partial charge on any atom is -0.338 e. The Morgan fingerprint density at radius 2 is 1.79 bits per heavy atom. The molecular formula is C25H26ClN5O2. The van der Waals surface area contributed by atoms with Gasteiger partial charge in [0.15, 0.2) is 0 Å². The van der Waals surface area contributed by atoms with E-state index in [0.29, 0.717) is 30.2 Å². The zero-order chi connectivity index (χ0) is 23.1. The van der Waals surface area contributed by atoms with E-state index >= 15 is 0 Å². The standard InChI is InChI=1S/C25H26ClN5O2/c1-16-23(17(2)30(28-16)15-18-7-3-4-8-20(18)26)24(32)29-13-11-19(12-14-29)31-22-10-6-5-9-21(22)27-25(31)33/h3-10,19H,11-15H2,1-2H3,(H,27,33). The van der Waals surface area contributed by atoms with Gasteiger partial charge >= 0.3 is 5.69 Å². The number of aromatic amines is 1. The van der Waals surface area contributed by atoms with Crippen LogP contribution in [0.4, 0.5) is 0 Å². The second-order valence-electron chi connectivity index (χ2n) is 8.64. The molecule has 2 aromatic heterocycles. The summed E-state index contributed by atoms with van der Waals surface area (Å²) in [5, 5.41) is 5.31. The first-order chi connectivity index (χ1) is 15.9. The number of rotatable bonds is 4. The molecule has 4 aromatic rings. The third-order valence-electron chi connectivity index (χ3n) is 6.61. The number of H-pyrrole nitrogens is 1. The van der Waals surface area contributed by atoms with Crippen LogP contribution in [-0.2, 0) is 6.54 Å². The lowest BCUT2D eigenvalue weighted by Gasteiger charge is -2.32. The summed E-state index contributed by atoms with van der Waals surface area (Å²) < 4.78 is 3.69. The topological polar surface area (TPSA) is 75.9 Å². The van der Waals surface area contributed by atoms with Gasteiger partial charge in [0.25, 0.3) is 5.91 Å². The SMILES string of the molecule is Cc1nn(Cc2ccccc2Cl)c(C)c1C(=O)N1CCC(n2c(=O)[nH]c3ccccc32)CC1.